The smallest absolute Gasteiger partial charge is 0.262 e. The van der Waals surface area contributed by atoms with Gasteiger partial charge in [0.2, 0.25) is 5.91 Å². The summed E-state index contributed by atoms with van der Waals surface area (Å²) in [5.74, 6) is 0.731. The molecular weight excluding hydrogens is 308 g/mol. The van der Waals surface area contributed by atoms with Crippen LogP contribution in [0.2, 0.25) is 0 Å². The van der Waals surface area contributed by atoms with Gasteiger partial charge < -0.3 is 20.1 Å². The Morgan fingerprint density at radius 1 is 0.958 bits per heavy atom. The van der Waals surface area contributed by atoms with E-state index in [1.165, 1.54) is 6.92 Å². The Morgan fingerprint density at radius 2 is 1.67 bits per heavy atom. The molecule has 0 aromatic heterocycles. The third-order valence-electron chi connectivity index (χ3n) is 3.01. The number of carbonyl (C=O) groups excluding carboxylic acids is 2. The van der Waals surface area contributed by atoms with Crippen LogP contribution >= 0.6 is 0 Å². The fourth-order valence-corrected chi connectivity index (χ4v) is 2.02. The van der Waals surface area contributed by atoms with Gasteiger partial charge >= 0.3 is 0 Å². The molecule has 0 aliphatic rings. The fraction of sp³-hybridized carbons (Fsp3) is 0.222. The maximum Gasteiger partial charge on any atom is 0.262 e. The number of nitrogens with one attached hydrogen (secondary N) is 2. The molecule has 0 radical (unpaired) electrons. The minimum atomic E-state index is -0.284. The first kappa shape index (κ1) is 17.3. The van der Waals surface area contributed by atoms with Gasteiger partial charge in [0.25, 0.3) is 5.91 Å². The second-order valence-corrected chi connectivity index (χ2v) is 4.97. The average molecular weight is 328 g/mol. The zero-order valence-electron chi connectivity index (χ0n) is 13.7. The van der Waals surface area contributed by atoms with E-state index in [0.717, 1.165) is 0 Å². The first-order valence-corrected chi connectivity index (χ1v) is 7.60. The first-order chi connectivity index (χ1) is 11.6. The summed E-state index contributed by atoms with van der Waals surface area (Å²) in [6.45, 7) is 3.71. The molecule has 2 rings (SSSR count). The number of hydrogen-bond acceptors (Lipinski definition) is 4. The summed E-state index contributed by atoms with van der Waals surface area (Å²) < 4.78 is 10.9. The molecule has 2 N–H and O–H groups in total. The Hall–Kier alpha value is -3.02. The molecule has 2 amide bonds. The highest BCUT2D eigenvalue weighted by Gasteiger charge is 2.08. The minimum Gasteiger partial charge on any atom is -0.492 e. The predicted octanol–water partition coefficient (Wildman–Crippen LogP) is 3.06. The van der Waals surface area contributed by atoms with Crippen molar-refractivity contribution in [3.05, 3.63) is 48.5 Å². The summed E-state index contributed by atoms with van der Waals surface area (Å²) >= 11 is 0. The zero-order chi connectivity index (χ0) is 17.4. The highest BCUT2D eigenvalue weighted by atomic mass is 16.5. The number of ether oxygens (including phenoxy) is 2. The van der Waals surface area contributed by atoms with Gasteiger partial charge in [-0.05, 0) is 43.3 Å². The van der Waals surface area contributed by atoms with E-state index in [-0.39, 0.29) is 18.4 Å². The maximum atomic E-state index is 12.0. The van der Waals surface area contributed by atoms with Crippen LogP contribution in [0.1, 0.15) is 13.8 Å². The third kappa shape index (κ3) is 5.31. The number of benzene rings is 2. The lowest BCUT2D eigenvalue weighted by Gasteiger charge is -2.12. The predicted molar refractivity (Wildman–Crippen MR) is 92.5 cm³/mol. The number of rotatable bonds is 7. The second kappa shape index (κ2) is 8.57. The molecule has 2 aromatic carbocycles. The minimum absolute atomic E-state index is 0.125. The van der Waals surface area contributed by atoms with Gasteiger partial charge in [-0.3, -0.25) is 9.59 Å². The summed E-state index contributed by atoms with van der Waals surface area (Å²) in [5.41, 5.74) is 1.28. The zero-order valence-corrected chi connectivity index (χ0v) is 13.7. The van der Waals surface area contributed by atoms with Crippen molar-refractivity contribution in [2.75, 3.05) is 23.8 Å². The Labute approximate surface area is 140 Å². The molecule has 24 heavy (non-hydrogen) atoms. The van der Waals surface area contributed by atoms with Crippen LogP contribution < -0.4 is 20.1 Å². The van der Waals surface area contributed by atoms with E-state index < -0.39 is 0 Å². The van der Waals surface area contributed by atoms with E-state index >= 15 is 0 Å². The van der Waals surface area contributed by atoms with Gasteiger partial charge in [-0.25, -0.2) is 0 Å². The standard InChI is InChI=1S/C18H20N2O4/c1-3-23-17-7-5-4-6-16(17)20-18(22)12-24-15-10-8-14(9-11-15)19-13(2)21/h4-11H,3,12H2,1-2H3,(H,19,21)(H,20,22). The van der Waals surface area contributed by atoms with Crippen molar-refractivity contribution in [1.82, 2.24) is 0 Å². The molecule has 6 nitrogen and oxygen atoms in total. The summed E-state index contributed by atoms with van der Waals surface area (Å²) in [6.07, 6.45) is 0. The van der Waals surface area contributed by atoms with Crippen molar-refractivity contribution in [2.45, 2.75) is 13.8 Å². The van der Waals surface area contributed by atoms with Crippen molar-refractivity contribution in [2.24, 2.45) is 0 Å². The molecule has 0 saturated heterocycles. The fourth-order valence-electron chi connectivity index (χ4n) is 2.02. The number of hydrogen-bond donors (Lipinski definition) is 2. The highest BCUT2D eigenvalue weighted by Crippen LogP contribution is 2.23. The van der Waals surface area contributed by atoms with E-state index in [0.29, 0.717) is 29.5 Å². The summed E-state index contributed by atoms with van der Waals surface area (Å²) in [6, 6.07) is 14.0. The van der Waals surface area contributed by atoms with E-state index in [1.807, 2.05) is 19.1 Å². The Morgan fingerprint density at radius 3 is 2.33 bits per heavy atom. The molecule has 0 fully saturated rings. The Balaban J connectivity index is 1.88. The van der Waals surface area contributed by atoms with Crippen LogP contribution in [0.4, 0.5) is 11.4 Å². The number of amides is 2. The van der Waals surface area contributed by atoms with Crippen LogP contribution in [0.3, 0.4) is 0 Å². The molecule has 0 aliphatic heterocycles. The van der Waals surface area contributed by atoms with Crippen molar-refractivity contribution >= 4 is 23.2 Å². The van der Waals surface area contributed by atoms with Gasteiger partial charge in [-0.1, -0.05) is 12.1 Å². The molecule has 0 aliphatic carbocycles. The molecule has 0 unspecified atom stereocenters. The molecule has 0 spiro atoms. The average Bonchev–Trinajstić information content (AvgIpc) is 2.56. The molecule has 0 atom stereocenters. The van der Waals surface area contributed by atoms with Gasteiger partial charge in [-0.2, -0.15) is 0 Å². The molecule has 6 heteroatoms. The van der Waals surface area contributed by atoms with Crippen molar-refractivity contribution in [1.29, 1.82) is 0 Å². The van der Waals surface area contributed by atoms with Crippen LogP contribution in [-0.2, 0) is 9.59 Å². The van der Waals surface area contributed by atoms with Gasteiger partial charge in [0, 0.05) is 12.6 Å². The van der Waals surface area contributed by atoms with Crippen molar-refractivity contribution in [3.8, 4) is 11.5 Å². The van der Waals surface area contributed by atoms with Crippen LogP contribution in [0.15, 0.2) is 48.5 Å². The highest BCUT2D eigenvalue weighted by molar-refractivity contribution is 5.93. The molecule has 0 bridgehead atoms. The van der Waals surface area contributed by atoms with Crippen LogP contribution in [0.5, 0.6) is 11.5 Å². The van der Waals surface area contributed by atoms with Crippen molar-refractivity contribution < 1.29 is 19.1 Å². The van der Waals surface area contributed by atoms with Gasteiger partial charge in [0.05, 0.1) is 12.3 Å². The summed E-state index contributed by atoms with van der Waals surface area (Å²) in [5, 5.41) is 5.42. The van der Waals surface area contributed by atoms with Crippen molar-refractivity contribution in [3.63, 3.8) is 0 Å². The van der Waals surface area contributed by atoms with Crippen LogP contribution in [0, 0.1) is 0 Å². The van der Waals surface area contributed by atoms with Gasteiger partial charge in [-0.15, -0.1) is 0 Å². The maximum absolute atomic E-state index is 12.0. The summed E-state index contributed by atoms with van der Waals surface area (Å²) in [7, 11) is 0. The third-order valence-corrected chi connectivity index (χ3v) is 3.01. The lowest BCUT2D eigenvalue weighted by Crippen LogP contribution is -2.20. The van der Waals surface area contributed by atoms with E-state index in [2.05, 4.69) is 10.6 Å². The molecule has 126 valence electrons. The quantitative estimate of drug-likeness (QED) is 0.819. The normalized spacial score (nSPS) is 9.92. The SMILES string of the molecule is CCOc1ccccc1NC(=O)COc1ccc(NC(C)=O)cc1. The number of anilines is 2. The largest absolute Gasteiger partial charge is 0.492 e. The molecule has 0 saturated carbocycles. The van der Waals surface area contributed by atoms with E-state index in [1.54, 1.807) is 36.4 Å². The number of carbonyl (C=O) groups is 2. The first-order valence-electron chi connectivity index (χ1n) is 7.60. The summed E-state index contributed by atoms with van der Waals surface area (Å²) in [4.78, 5) is 23.0. The van der Waals surface area contributed by atoms with Crippen LogP contribution in [0.25, 0.3) is 0 Å². The second-order valence-electron chi connectivity index (χ2n) is 4.97. The van der Waals surface area contributed by atoms with Gasteiger partial charge in [0.15, 0.2) is 6.61 Å². The number of para-hydroxylation sites is 2. The lowest BCUT2D eigenvalue weighted by atomic mass is 10.3. The van der Waals surface area contributed by atoms with E-state index in [4.69, 9.17) is 9.47 Å². The molecule has 0 heterocycles. The monoisotopic (exact) mass is 328 g/mol. The topological polar surface area (TPSA) is 76.7 Å². The van der Waals surface area contributed by atoms with E-state index in [9.17, 15) is 9.59 Å². The van der Waals surface area contributed by atoms with Crippen LogP contribution in [-0.4, -0.2) is 25.0 Å². The van der Waals surface area contributed by atoms with Gasteiger partial charge in [0.1, 0.15) is 11.5 Å². The lowest BCUT2D eigenvalue weighted by molar-refractivity contribution is -0.118. The molecule has 2 aromatic rings. The molecular formula is C18H20N2O4. The Bertz CT molecular complexity index is 698. The Kier molecular flexibility index (Phi) is 6.19.